The van der Waals surface area contributed by atoms with Gasteiger partial charge in [-0.15, -0.1) is 0 Å². The fourth-order valence-corrected chi connectivity index (χ4v) is 1.18. The van der Waals surface area contributed by atoms with Crippen LogP contribution < -0.4 is 5.32 Å². The van der Waals surface area contributed by atoms with E-state index >= 15 is 0 Å². The van der Waals surface area contributed by atoms with Crippen molar-refractivity contribution >= 4 is 5.91 Å². The van der Waals surface area contributed by atoms with Gasteiger partial charge in [-0.3, -0.25) is 4.79 Å². The van der Waals surface area contributed by atoms with Crippen molar-refractivity contribution in [2.75, 3.05) is 0 Å². The lowest BCUT2D eigenvalue weighted by molar-refractivity contribution is 0.0966. The Bertz CT molecular complexity index is 312. The molecule has 0 spiro atoms. The SMILES string of the molecule is O=C1NC=CCc2cc[nH]c21. The number of amides is 1. The van der Waals surface area contributed by atoms with Gasteiger partial charge in [-0.1, -0.05) is 6.08 Å². The molecule has 0 radical (unpaired) electrons. The molecule has 2 heterocycles. The van der Waals surface area contributed by atoms with Crippen LogP contribution in [-0.2, 0) is 6.42 Å². The molecule has 1 aromatic heterocycles. The van der Waals surface area contributed by atoms with E-state index in [1.54, 1.807) is 12.4 Å². The van der Waals surface area contributed by atoms with E-state index in [0.717, 1.165) is 12.0 Å². The standard InChI is InChI=1S/C8H8N2O/c11-8-7-6(3-5-9-7)2-1-4-10-8/h1,3-5,9H,2H2,(H,10,11). The minimum atomic E-state index is -0.0567. The smallest absolute Gasteiger partial charge is 0.271 e. The number of hydrogen-bond donors (Lipinski definition) is 2. The summed E-state index contributed by atoms with van der Waals surface area (Å²) in [5.41, 5.74) is 1.73. The molecule has 3 heteroatoms. The van der Waals surface area contributed by atoms with Crippen LogP contribution >= 0.6 is 0 Å². The minimum Gasteiger partial charge on any atom is -0.357 e. The van der Waals surface area contributed by atoms with Gasteiger partial charge in [0.15, 0.2) is 0 Å². The lowest BCUT2D eigenvalue weighted by Crippen LogP contribution is -2.16. The molecule has 1 amide bonds. The van der Waals surface area contributed by atoms with Crippen LogP contribution in [0.2, 0.25) is 0 Å². The number of nitrogens with one attached hydrogen (secondary N) is 2. The Hall–Kier alpha value is -1.51. The molecule has 0 aliphatic carbocycles. The number of H-pyrrole nitrogens is 1. The highest BCUT2D eigenvalue weighted by Gasteiger charge is 2.11. The first-order valence-corrected chi connectivity index (χ1v) is 3.50. The number of rotatable bonds is 0. The van der Waals surface area contributed by atoms with Gasteiger partial charge in [0.1, 0.15) is 5.69 Å². The van der Waals surface area contributed by atoms with Crippen LogP contribution in [0.15, 0.2) is 24.5 Å². The summed E-state index contributed by atoms with van der Waals surface area (Å²) in [5.74, 6) is -0.0567. The Morgan fingerprint density at radius 1 is 1.45 bits per heavy atom. The van der Waals surface area contributed by atoms with Gasteiger partial charge in [-0.25, -0.2) is 0 Å². The molecule has 11 heavy (non-hydrogen) atoms. The first-order chi connectivity index (χ1) is 5.38. The molecule has 0 bridgehead atoms. The first-order valence-electron chi connectivity index (χ1n) is 3.50. The maximum absolute atomic E-state index is 11.2. The third-order valence-electron chi connectivity index (χ3n) is 1.73. The quantitative estimate of drug-likeness (QED) is 0.562. The number of carbonyl (C=O) groups is 1. The molecular weight excluding hydrogens is 140 g/mol. The average molecular weight is 148 g/mol. The molecular formula is C8H8N2O. The second-order valence-corrected chi connectivity index (χ2v) is 2.46. The van der Waals surface area contributed by atoms with Gasteiger partial charge in [0.05, 0.1) is 0 Å². The largest absolute Gasteiger partial charge is 0.357 e. The molecule has 0 saturated heterocycles. The molecule has 0 aromatic carbocycles. The van der Waals surface area contributed by atoms with E-state index in [-0.39, 0.29) is 5.91 Å². The Morgan fingerprint density at radius 3 is 3.27 bits per heavy atom. The Balaban J connectivity index is 2.49. The maximum atomic E-state index is 11.2. The fraction of sp³-hybridized carbons (Fsp3) is 0.125. The van der Waals surface area contributed by atoms with Crippen LogP contribution in [-0.4, -0.2) is 10.9 Å². The fourth-order valence-electron chi connectivity index (χ4n) is 1.18. The molecule has 56 valence electrons. The number of aromatic amines is 1. The van der Waals surface area contributed by atoms with E-state index in [0.29, 0.717) is 5.69 Å². The number of carbonyl (C=O) groups excluding carboxylic acids is 1. The topological polar surface area (TPSA) is 44.9 Å². The molecule has 0 saturated carbocycles. The van der Waals surface area contributed by atoms with Gasteiger partial charge in [0.25, 0.3) is 5.91 Å². The normalized spacial score (nSPS) is 15.5. The highest BCUT2D eigenvalue weighted by molar-refractivity contribution is 5.95. The maximum Gasteiger partial charge on any atom is 0.271 e. The van der Waals surface area contributed by atoms with E-state index in [4.69, 9.17) is 0 Å². The number of allylic oxidation sites excluding steroid dienone is 1. The molecule has 2 N–H and O–H groups in total. The van der Waals surface area contributed by atoms with Gasteiger partial charge in [0, 0.05) is 12.4 Å². The molecule has 1 aromatic rings. The Kier molecular flexibility index (Phi) is 1.28. The molecule has 0 fully saturated rings. The highest BCUT2D eigenvalue weighted by Crippen LogP contribution is 2.09. The van der Waals surface area contributed by atoms with E-state index in [2.05, 4.69) is 10.3 Å². The summed E-state index contributed by atoms with van der Waals surface area (Å²) in [6.45, 7) is 0. The summed E-state index contributed by atoms with van der Waals surface area (Å²) in [4.78, 5) is 14.1. The predicted molar refractivity (Wildman–Crippen MR) is 41.1 cm³/mol. The van der Waals surface area contributed by atoms with Crippen molar-refractivity contribution in [3.05, 3.63) is 35.8 Å². The second kappa shape index (κ2) is 2.27. The second-order valence-electron chi connectivity index (χ2n) is 2.46. The third kappa shape index (κ3) is 0.941. The van der Waals surface area contributed by atoms with E-state index < -0.39 is 0 Å². The van der Waals surface area contributed by atoms with Crippen molar-refractivity contribution in [3.63, 3.8) is 0 Å². The summed E-state index contributed by atoms with van der Waals surface area (Å²) in [6, 6.07) is 1.92. The van der Waals surface area contributed by atoms with Crippen LogP contribution in [0.1, 0.15) is 16.1 Å². The van der Waals surface area contributed by atoms with Crippen LogP contribution in [0.3, 0.4) is 0 Å². The molecule has 2 rings (SSSR count). The van der Waals surface area contributed by atoms with Crippen molar-refractivity contribution in [1.29, 1.82) is 0 Å². The number of aromatic nitrogens is 1. The number of hydrogen-bond acceptors (Lipinski definition) is 1. The zero-order valence-electron chi connectivity index (χ0n) is 5.92. The summed E-state index contributed by atoms with van der Waals surface area (Å²) in [6.07, 6.45) is 6.20. The Morgan fingerprint density at radius 2 is 2.36 bits per heavy atom. The molecule has 1 aliphatic heterocycles. The van der Waals surface area contributed by atoms with E-state index in [9.17, 15) is 4.79 Å². The summed E-state index contributed by atoms with van der Waals surface area (Å²) >= 11 is 0. The van der Waals surface area contributed by atoms with Crippen LogP contribution in [0.5, 0.6) is 0 Å². The van der Waals surface area contributed by atoms with E-state index in [1.807, 2.05) is 12.1 Å². The van der Waals surface area contributed by atoms with Crippen molar-refractivity contribution in [2.24, 2.45) is 0 Å². The van der Waals surface area contributed by atoms with E-state index in [1.165, 1.54) is 0 Å². The number of fused-ring (bicyclic) bond motifs is 1. The first kappa shape index (κ1) is 6.22. The molecule has 1 aliphatic rings. The van der Waals surface area contributed by atoms with Crippen molar-refractivity contribution in [2.45, 2.75) is 6.42 Å². The van der Waals surface area contributed by atoms with Gasteiger partial charge < -0.3 is 10.3 Å². The van der Waals surface area contributed by atoms with Crippen LogP contribution in [0.25, 0.3) is 0 Å². The lowest BCUT2D eigenvalue weighted by atomic mass is 10.2. The van der Waals surface area contributed by atoms with Crippen molar-refractivity contribution in [1.82, 2.24) is 10.3 Å². The zero-order valence-corrected chi connectivity index (χ0v) is 5.92. The molecule has 0 atom stereocenters. The zero-order chi connectivity index (χ0) is 7.68. The summed E-state index contributed by atoms with van der Waals surface area (Å²) in [5, 5.41) is 2.64. The third-order valence-corrected chi connectivity index (χ3v) is 1.73. The molecule has 0 unspecified atom stereocenters. The van der Waals surface area contributed by atoms with Gasteiger partial charge >= 0.3 is 0 Å². The van der Waals surface area contributed by atoms with Crippen LogP contribution in [0.4, 0.5) is 0 Å². The predicted octanol–water partition coefficient (Wildman–Crippen LogP) is 0.814. The van der Waals surface area contributed by atoms with Crippen molar-refractivity contribution in [3.8, 4) is 0 Å². The van der Waals surface area contributed by atoms with Gasteiger partial charge in [-0.05, 0) is 18.1 Å². The minimum absolute atomic E-state index is 0.0567. The summed E-state index contributed by atoms with van der Waals surface area (Å²) in [7, 11) is 0. The van der Waals surface area contributed by atoms with Crippen LogP contribution in [0, 0.1) is 0 Å². The average Bonchev–Trinajstić information content (AvgIpc) is 2.40. The van der Waals surface area contributed by atoms with Gasteiger partial charge in [0.2, 0.25) is 0 Å². The van der Waals surface area contributed by atoms with Gasteiger partial charge in [-0.2, -0.15) is 0 Å². The Labute approximate surface area is 64.1 Å². The summed E-state index contributed by atoms with van der Waals surface area (Å²) < 4.78 is 0. The van der Waals surface area contributed by atoms with Crippen molar-refractivity contribution < 1.29 is 4.79 Å². The molecule has 3 nitrogen and oxygen atoms in total. The monoisotopic (exact) mass is 148 g/mol. The highest BCUT2D eigenvalue weighted by atomic mass is 16.1. The lowest BCUT2D eigenvalue weighted by Gasteiger charge is -1.95.